The Balaban J connectivity index is 1.86. The van der Waals surface area contributed by atoms with Gasteiger partial charge in [-0.15, -0.1) is 0 Å². The second-order valence-corrected chi connectivity index (χ2v) is 7.42. The molecule has 0 aromatic carbocycles. The first-order valence-electron chi connectivity index (χ1n) is 9.15. The molecule has 2 heterocycles. The summed E-state index contributed by atoms with van der Waals surface area (Å²) in [5.74, 6) is 0.453. The van der Waals surface area contributed by atoms with Gasteiger partial charge in [-0.1, -0.05) is 13.8 Å². The molecule has 0 saturated heterocycles. The number of aryl methyl sites for hydroxylation is 1. The van der Waals surface area contributed by atoms with Gasteiger partial charge >= 0.3 is 0 Å². The van der Waals surface area contributed by atoms with E-state index in [2.05, 4.69) is 45.2 Å². The molecule has 0 unspecified atom stereocenters. The molecule has 0 radical (unpaired) electrons. The third-order valence-electron chi connectivity index (χ3n) is 4.18. The molecule has 2 rings (SSSR count). The molecule has 7 heteroatoms. The average Bonchev–Trinajstić information content (AvgIpc) is 2.76. The fourth-order valence-corrected chi connectivity index (χ4v) is 3.28. The molecule has 140 valence electrons. The predicted octanol–water partition coefficient (Wildman–Crippen LogP) is 1.28. The first-order valence-corrected chi connectivity index (χ1v) is 9.15. The van der Waals surface area contributed by atoms with Crippen LogP contribution in [0.1, 0.15) is 51.9 Å². The maximum atomic E-state index is 12.0. The van der Waals surface area contributed by atoms with Crippen LogP contribution in [0, 0.1) is 5.92 Å². The summed E-state index contributed by atoms with van der Waals surface area (Å²) in [6.45, 7) is 12.2. The third kappa shape index (κ3) is 6.49. The summed E-state index contributed by atoms with van der Waals surface area (Å²) in [6.07, 6.45) is 1.37. The van der Waals surface area contributed by atoms with E-state index >= 15 is 0 Å². The lowest BCUT2D eigenvalue weighted by Gasteiger charge is -2.21. The van der Waals surface area contributed by atoms with Crippen molar-refractivity contribution in [2.75, 3.05) is 13.1 Å². The van der Waals surface area contributed by atoms with E-state index in [0.717, 1.165) is 38.3 Å². The van der Waals surface area contributed by atoms with Gasteiger partial charge in [-0.2, -0.15) is 5.10 Å². The smallest absolute Gasteiger partial charge is 0.222 e. The van der Waals surface area contributed by atoms with Gasteiger partial charge in [0.2, 0.25) is 11.8 Å². The minimum atomic E-state index is -0.166. The van der Waals surface area contributed by atoms with Crippen molar-refractivity contribution in [3.8, 4) is 0 Å². The summed E-state index contributed by atoms with van der Waals surface area (Å²) in [6, 6.07) is 1.93. The quantitative estimate of drug-likeness (QED) is 0.777. The Morgan fingerprint density at radius 1 is 1.28 bits per heavy atom. The Morgan fingerprint density at radius 2 is 2.04 bits per heavy atom. The van der Waals surface area contributed by atoms with E-state index in [1.807, 2.05) is 6.92 Å². The molecular formula is C18H31N5O2. The Bertz CT molecular complexity index is 596. The number of rotatable bonds is 7. The van der Waals surface area contributed by atoms with Gasteiger partial charge in [0.05, 0.1) is 17.9 Å². The van der Waals surface area contributed by atoms with Crippen LogP contribution >= 0.6 is 0 Å². The summed E-state index contributed by atoms with van der Waals surface area (Å²) < 4.78 is 2.07. The average molecular weight is 349 g/mol. The normalized spacial score (nSPS) is 16.2. The van der Waals surface area contributed by atoms with Crippen LogP contribution in [0.15, 0.2) is 6.07 Å². The maximum Gasteiger partial charge on any atom is 0.222 e. The summed E-state index contributed by atoms with van der Waals surface area (Å²) in [7, 11) is 0. The van der Waals surface area contributed by atoms with Crippen molar-refractivity contribution in [1.82, 2.24) is 25.3 Å². The fraction of sp³-hybridized carbons (Fsp3) is 0.722. The van der Waals surface area contributed by atoms with E-state index in [4.69, 9.17) is 0 Å². The van der Waals surface area contributed by atoms with E-state index in [1.54, 1.807) is 0 Å². The van der Waals surface area contributed by atoms with Gasteiger partial charge in [-0.3, -0.25) is 19.2 Å². The number of hydrogen-bond donors (Lipinski definition) is 2. The van der Waals surface area contributed by atoms with Gasteiger partial charge in [-0.25, -0.2) is 0 Å². The van der Waals surface area contributed by atoms with Crippen molar-refractivity contribution in [2.45, 2.75) is 66.2 Å². The molecule has 0 spiro atoms. The highest BCUT2D eigenvalue weighted by Gasteiger charge is 2.17. The zero-order valence-electron chi connectivity index (χ0n) is 15.8. The van der Waals surface area contributed by atoms with Crippen LogP contribution in [0.25, 0.3) is 0 Å². The Labute approximate surface area is 150 Å². The van der Waals surface area contributed by atoms with E-state index < -0.39 is 0 Å². The molecule has 0 fully saturated rings. The van der Waals surface area contributed by atoms with Gasteiger partial charge in [-0.05, 0) is 25.3 Å². The summed E-state index contributed by atoms with van der Waals surface area (Å²) in [5.41, 5.74) is 2.11. The number of carbonyl (C=O) groups is 2. The van der Waals surface area contributed by atoms with Crippen molar-refractivity contribution >= 4 is 11.8 Å². The molecule has 0 aliphatic carbocycles. The molecule has 0 saturated carbocycles. The SMILES string of the molecule is CC(=O)N[C@H](C)CC(=O)NCc1cc2n(n1)CCCN(CC(C)C)C2. The molecule has 25 heavy (non-hydrogen) atoms. The van der Waals surface area contributed by atoms with Gasteiger partial charge < -0.3 is 10.6 Å². The number of carbonyl (C=O) groups excluding carboxylic acids is 2. The summed E-state index contributed by atoms with van der Waals surface area (Å²) >= 11 is 0. The van der Waals surface area contributed by atoms with Crippen molar-refractivity contribution in [1.29, 1.82) is 0 Å². The first-order chi connectivity index (χ1) is 11.8. The van der Waals surface area contributed by atoms with Crippen molar-refractivity contribution in [3.63, 3.8) is 0 Å². The lowest BCUT2D eigenvalue weighted by molar-refractivity contribution is -0.122. The Morgan fingerprint density at radius 3 is 2.72 bits per heavy atom. The van der Waals surface area contributed by atoms with Gasteiger partial charge in [0, 0.05) is 45.6 Å². The molecule has 2 amide bonds. The van der Waals surface area contributed by atoms with Crippen LogP contribution in [0.4, 0.5) is 0 Å². The number of nitrogens with zero attached hydrogens (tertiary/aromatic N) is 3. The van der Waals surface area contributed by atoms with Crippen molar-refractivity contribution in [3.05, 3.63) is 17.5 Å². The zero-order chi connectivity index (χ0) is 18.4. The third-order valence-corrected chi connectivity index (χ3v) is 4.18. The Kier molecular flexibility index (Phi) is 6.99. The van der Waals surface area contributed by atoms with E-state index in [-0.39, 0.29) is 24.3 Å². The lowest BCUT2D eigenvalue weighted by atomic mass is 10.2. The summed E-state index contributed by atoms with van der Waals surface area (Å²) in [5, 5.41) is 10.2. The van der Waals surface area contributed by atoms with Crippen molar-refractivity contribution in [2.24, 2.45) is 5.92 Å². The number of hydrogen-bond acceptors (Lipinski definition) is 4. The van der Waals surface area contributed by atoms with Gasteiger partial charge in [0.25, 0.3) is 0 Å². The second-order valence-electron chi connectivity index (χ2n) is 7.42. The topological polar surface area (TPSA) is 79.3 Å². The van der Waals surface area contributed by atoms with Crippen LogP contribution in [-0.2, 0) is 29.2 Å². The van der Waals surface area contributed by atoms with E-state index in [0.29, 0.717) is 12.5 Å². The molecule has 1 atom stereocenters. The minimum Gasteiger partial charge on any atom is -0.353 e. The van der Waals surface area contributed by atoms with Crippen LogP contribution in [0.2, 0.25) is 0 Å². The number of nitrogens with one attached hydrogen (secondary N) is 2. The first kappa shape index (κ1) is 19.4. The molecule has 1 aliphatic rings. The number of amides is 2. The molecular weight excluding hydrogens is 318 g/mol. The molecule has 2 N–H and O–H groups in total. The maximum absolute atomic E-state index is 12.0. The van der Waals surface area contributed by atoms with E-state index in [9.17, 15) is 9.59 Å². The van der Waals surface area contributed by atoms with Crippen LogP contribution in [0.3, 0.4) is 0 Å². The van der Waals surface area contributed by atoms with Crippen LogP contribution < -0.4 is 10.6 Å². The van der Waals surface area contributed by atoms with E-state index in [1.165, 1.54) is 12.6 Å². The molecule has 1 aliphatic heterocycles. The highest BCUT2D eigenvalue weighted by atomic mass is 16.2. The minimum absolute atomic E-state index is 0.0779. The molecule has 0 bridgehead atoms. The second kappa shape index (κ2) is 8.99. The monoisotopic (exact) mass is 349 g/mol. The lowest BCUT2D eigenvalue weighted by Crippen LogP contribution is -2.36. The zero-order valence-corrected chi connectivity index (χ0v) is 15.8. The van der Waals surface area contributed by atoms with Crippen LogP contribution in [0.5, 0.6) is 0 Å². The highest BCUT2D eigenvalue weighted by Crippen LogP contribution is 2.15. The highest BCUT2D eigenvalue weighted by molar-refractivity contribution is 5.78. The Hall–Kier alpha value is -1.89. The number of fused-ring (bicyclic) bond motifs is 1. The predicted molar refractivity (Wildman–Crippen MR) is 96.7 cm³/mol. The standard InChI is InChI=1S/C18H31N5O2/c1-13(2)11-22-6-5-7-23-17(12-22)9-16(21-23)10-19-18(25)8-14(3)20-15(4)24/h9,13-14H,5-8,10-12H2,1-4H3,(H,19,25)(H,20,24)/t14-/m1/s1. The largest absolute Gasteiger partial charge is 0.353 e. The van der Waals surface area contributed by atoms with Gasteiger partial charge in [0.15, 0.2) is 0 Å². The molecule has 1 aromatic rings. The molecule has 7 nitrogen and oxygen atoms in total. The molecule has 1 aromatic heterocycles. The fourth-order valence-electron chi connectivity index (χ4n) is 3.28. The van der Waals surface area contributed by atoms with Crippen molar-refractivity contribution < 1.29 is 9.59 Å². The summed E-state index contributed by atoms with van der Waals surface area (Å²) in [4.78, 5) is 25.4. The number of aromatic nitrogens is 2. The van der Waals surface area contributed by atoms with Gasteiger partial charge in [0.1, 0.15) is 0 Å². The van der Waals surface area contributed by atoms with Crippen LogP contribution in [-0.4, -0.2) is 45.6 Å².